The summed E-state index contributed by atoms with van der Waals surface area (Å²) in [4.78, 5) is 12.9. The summed E-state index contributed by atoms with van der Waals surface area (Å²) in [6, 6.07) is 8.25. The highest BCUT2D eigenvalue weighted by Crippen LogP contribution is 2.25. The molecular weight excluding hydrogens is 296 g/mol. The van der Waals surface area contributed by atoms with E-state index in [4.69, 9.17) is 5.73 Å². The molecule has 22 heavy (non-hydrogen) atoms. The third-order valence-electron chi connectivity index (χ3n) is 3.40. The summed E-state index contributed by atoms with van der Waals surface area (Å²) in [5.74, 6) is 1.35. The third kappa shape index (κ3) is 2.64. The van der Waals surface area contributed by atoms with Crippen LogP contribution in [0.15, 0.2) is 29.4 Å². The Kier molecular flexibility index (Phi) is 3.52. The average molecular weight is 314 g/mol. The SMILES string of the molecule is CSc1nc(N)n2nc(-c3ccc(C(C)(C)C)cc3)nc2n1. The molecule has 6 nitrogen and oxygen atoms in total. The van der Waals surface area contributed by atoms with E-state index < -0.39 is 0 Å². The second-order valence-electron chi connectivity index (χ2n) is 6.04. The van der Waals surface area contributed by atoms with Gasteiger partial charge in [0.05, 0.1) is 0 Å². The highest BCUT2D eigenvalue weighted by atomic mass is 32.2. The summed E-state index contributed by atoms with van der Waals surface area (Å²) in [6.07, 6.45) is 1.90. The van der Waals surface area contributed by atoms with Crippen LogP contribution < -0.4 is 5.73 Å². The van der Waals surface area contributed by atoms with Crippen LogP contribution in [0.3, 0.4) is 0 Å². The molecular formula is C15H18N6S. The number of anilines is 1. The predicted molar refractivity (Wildman–Crippen MR) is 88.9 cm³/mol. The van der Waals surface area contributed by atoms with Gasteiger partial charge in [-0.25, -0.2) is 0 Å². The first-order valence-electron chi connectivity index (χ1n) is 6.93. The quantitative estimate of drug-likeness (QED) is 0.732. The van der Waals surface area contributed by atoms with Crippen molar-refractivity contribution in [3.05, 3.63) is 29.8 Å². The van der Waals surface area contributed by atoms with Crippen molar-refractivity contribution >= 4 is 23.5 Å². The number of nitrogen functional groups attached to an aromatic ring is 1. The molecule has 114 valence electrons. The van der Waals surface area contributed by atoms with Crippen LogP contribution in [0.4, 0.5) is 5.95 Å². The van der Waals surface area contributed by atoms with Crippen molar-refractivity contribution in [1.82, 2.24) is 24.6 Å². The molecule has 0 radical (unpaired) electrons. The lowest BCUT2D eigenvalue weighted by molar-refractivity contribution is 0.590. The van der Waals surface area contributed by atoms with Crippen LogP contribution in [-0.2, 0) is 5.41 Å². The van der Waals surface area contributed by atoms with Crippen molar-refractivity contribution in [3.63, 3.8) is 0 Å². The fourth-order valence-electron chi connectivity index (χ4n) is 2.12. The first-order chi connectivity index (χ1) is 10.4. The van der Waals surface area contributed by atoms with Crippen molar-refractivity contribution in [2.75, 3.05) is 12.0 Å². The molecule has 3 rings (SSSR count). The molecule has 0 unspecified atom stereocenters. The molecule has 0 bridgehead atoms. The first kappa shape index (κ1) is 14.8. The molecule has 0 aliphatic rings. The lowest BCUT2D eigenvalue weighted by Crippen LogP contribution is -2.10. The lowest BCUT2D eigenvalue weighted by Gasteiger charge is -2.18. The monoisotopic (exact) mass is 314 g/mol. The zero-order chi connectivity index (χ0) is 15.9. The molecule has 0 spiro atoms. The minimum atomic E-state index is 0.119. The van der Waals surface area contributed by atoms with Crippen molar-refractivity contribution in [2.45, 2.75) is 31.3 Å². The van der Waals surface area contributed by atoms with Crippen LogP contribution >= 0.6 is 11.8 Å². The predicted octanol–water partition coefficient (Wildman–Crippen LogP) is 2.79. The summed E-state index contributed by atoms with van der Waals surface area (Å²) < 4.78 is 1.47. The van der Waals surface area contributed by atoms with Gasteiger partial charge in [0.25, 0.3) is 5.78 Å². The minimum absolute atomic E-state index is 0.119. The molecule has 0 aliphatic carbocycles. The molecule has 0 aliphatic heterocycles. The molecule has 0 amide bonds. The van der Waals surface area contributed by atoms with Crippen LogP contribution in [0.2, 0.25) is 0 Å². The number of benzene rings is 1. The van der Waals surface area contributed by atoms with E-state index in [1.54, 1.807) is 0 Å². The Morgan fingerprint density at radius 1 is 1.05 bits per heavy atom. The molecule has 0 atom stereocenters. The second-order valence-corrected chi connectivity index (χ2v) is 6.82. The van der Waals surface area contributed by atoms with Gasteiger partial charge in [0.15, 0.2) is 11.0 Å². The van der Waals surface area contributed by atoms with Crippen molar-refractivity contribution in [3.8, 4) is 11.4 Å². The van der Waals surface area contributed by atoms with Crippen molar-refractivity contribution in [2.24, 2.45) is 0 Å². The number of thioether (sulfide) groups is 1. The van der Waals surface area contributed by atoms with Crippen LogP contribution in [0, 0.1) is 0 Å². The Labute approximate surface area is 133 Å². The maximum atomic E-state index is 5.90. The van der Waals surface area contributed by atoms with Gasteiger partial charge in [0.1, 0.15) is 0 Å². The zero-order valence-electron chi connectivity index (χ0n) is 13.0. The Balaban J connectivity index is 2.05. The Morgan fingerprint density at radius 3 is 2.32 bits per heavy atom. The van der Waals surface area contributed by atoms with Crippen LogP contribution in [0.25, 0.3) is 17.2 Å². The van der Waals surface area contributed by atoms with E-state index in [9.17, 15) is 0 Å². The largest absolute Gasteiger partial charge is 0.368 e. The number of hydrogen-bond donors (Lipinski definition) is 1. The van der Waals surface area contributed by atoms with Crippen LogP contribution in [0.5, 0.6) is 0 Å². The van der Waals surface area contributed by atoms with Gasteiger partial charge in [-0.15, -0.1) is 5.10 Å². The fourth-order valence-corrected chi connectivity index (χ4v) is 2.48. The number of nitrogens with zero attached hydrogens (tertiary/aromatic N) is 5. The summed E-state index contributed by atoms with van der Waals surface area (Å²) in [5.41, 5.74) is 8.22. The van der Waals surface area contributed by atoms with Gasteiger partial charge < -0.3 is 5.73 Å². The maximum Gasteiger partial charge on any atom is 0.258 e. The van der Waals surface area contributed by atoms with Crippen LogP contribution in [-0.4, -0.2) is 30.8 Å². The molecule has 3 aromatic rings. The Morgan fingerprint density at radius 2 is 1.73 bits per heavy atom. The summed E-state index contributed by atoms with van der Waals surface area (Å²) in [7, 11) is 0. The molecule has 0 saturated carbocycles. The van der Waals surface area contributed by atoms with Gasteiger partial charge in [-0.2, -0.15) is 19.5 Å². The van der Waals surface area contributed by atoms with Gasteiger partial charge in [-0.3, -0.25) is 0 Å². The normalized spacial score (nSPS) is 12.0. The Hall–Kier alpha value is -2.15. The third-order valence-corrected chi connectivity index (χ3v) is 3.95. The highest BCUT2D eigenvalue weighted by Gasteiger charge is 2.15. The minimum Gasteiger partial charge on any atom is -0.368 e. The van der Waals surface area contributed by atoms with E-state index in [0.29, 0.717) is 22.7 Å². The van der Waals surface area contributed by atoms with Gasteiger partial charge in [0, 0.05) is 5.56 Å². The topological polar surface area (TPSA) is 82.0 Å². The maximum absolute atomic E-state index is 5.90. The molecule has 2 N–H and O–H groups in total. The van der Waals surface area contributed by atoms with Crippen LogP contribution in [0.1, 0.15) is 26.3 Å². The molecule has 0 fully saturated rings. The van der Waals surface area contributed by atoms with Gasteiger partial charge in [-0.05, 0) is 17.2 Å². The lowest BCUT2D eigenvalue weighted by atomic mass is 9.87. The molecule has 0 saturated heterocycles. The van der Waals surface area contributed by atoms with E-state index in [0.717, 1.165) is 5.56 Å². The standard InChI is InChI=1S/C15H18N6S/c1-15(2,3)10-7-5-9(6-8-10)11-17-13-19-14(22-4)18-12(16)21(13)20-11/h5-8H,1-4H3,(H2,16,17,18,19,20). The number of nitrogens with two attached hydrogens (primary N) is 1. The summed E-state index contributed by atoms with van der Waals surface area (Å²) >= 11 is 1.42. The van der Waals surface area contributed by atoms with E-state index in [2.05, 4.69) is 53.0 Å². The number of rotatable bonds is 2. The van der Waals surface area contributed by atoms with Crippen molar-refractivity contribution in [1.29, 1.82) is 0 Å². The van der Waals surface area contributed by atoms with Crippen molar-refractivity contribution < 1.29 is 0 Å². The van der Waals surface area contributed by atoms with E-state index in [1.807, 2.05) is 18.4 Å². The average Bonchev–Trinajstić information content (AvgIpc) is 2.91. The fraction of sp³-hybridized carbons (Fsp3) is 0.333. The molecule has 2 heterocycles. The Bertz CT molecular complexity index is 816. The smallest absolute Gasteiger partial charge is 0.258 e. The number of fused-ring (bicyclic) bond motifs is 1. The van der Waals surface area contributed by atoms with E-state index in [-0.39, 0.29) is 5.41 Å². The van der Waals surface area contributed by atoms with E-state index in [1.165, 1.54) is 21.8 Å². The first-order valence-corrected chi connectivity index (χ1v) is 8.16. The zero-order valence-corrected chi connectivity index (χ0v) is 13.8. The molecule has 2 aromatic heterocycles. The molecule has 7 heteroatoms. The van der Waals surface area contributed by atoms with Gasteiger partial charge in [0.2, 0.25) is 5.95 Å². The number of aromatic nitrogens is 5. The van der Waals surface area contributed by atoms with Gasteiger partial charge >= 0.3 is 0 Å². The summed E-state index contributed by atoms with van der Waals surface area (Å²) in [6.45, 7) is 6.56. The van der Waals surface area contributed by atoms with Gasteiger partial charge in [-0.1, -0.05) is 56.8 Å². The second kappa shape index (κ2) is 5.24. The molecule has 1 aromatic carbocycles. The highest BCUT2D eigenvalue weighted by molar-refractivity contribution is 7.98. The van der Waals surface area contributed by atoms with E-state index >= 15 is 0 Å². The number of hydrogen-bond acceptors (Lipinski definition) is 6. The summed E-state index contributed by atoms with van der Waals surface area (Å²) in [5, 5.41) is 4.99.